The van der Waals surface area contributed by atoms with E-state index in [2.05, 4.69) is 25.8 Å². The molecule has 0 bridgehead atoms. The van der Waals surface area contributed by atoms with Crippen molar-refractivity contribution in [2.24, 2.45) is 0 Å². The molecular formula is C18H25N5O3S. The molecule has 0 spiro atoms. The van der Waals surface area contributed by atoms with Crippen LogP contribution in [0.3, 0.4) is 0 Å². The van der Waals surface area contributed by atoms with Gasteiger partial charge in [-0.2, -0.15) is 5.10 Å². The van der Waals surface area contributed by atoms with E-state index >= 15 is 0 Å². The van der Waals surface area contributed by atoms with Gasteiger partial charge in [-0.15, -0.1) is 11.3 Å². The van der Waals surface area contributed by atoms with E-state index in [1.807, 2.05) is 26.8 Å². The Kier molecular flexibility index (Phi) is 6.10. The SMILES string of the molecule is Cc1cnc(CC(=O)Nc2cc([C@H]3CC[C@@H](NC(=O)OC(C)C)C3)[nH]n2)s1. The van der Waals surface area contributed by atoms with Gasteiger partial charge in [0, 0.05) is 34.8 Å². The molecule has 2 amide bonds. The van der Waals surface area contributed by atoms with Crippen LogP contribution in [0.15, 0.2) is 12.3 Å². The van der Waals surface area contributed by atoms with Crippen molar-refractivity contribution in [2.45, 2.75) is 64.5 Å². The molecule has 1 aliphatic rings. The van der Waals surface area contributed by atoms with Crippen LogP contribution in [0, 0.1) is 6.92 Å². The fourth-order valence-corrected chi connectivity index (χ4v) is 4.01. The Morgan fingerprint density at radius 3 is 2.93 bits per heavy atom. The number of carbonyl (C=O) groups is 2. The third-order valence-electron chi connectivity index (χ3n) is 4.38. The largest absolute Gasteiger partial charge is 0.447 e. The molecule has 1 fully saturated rings. The van der Waals surface area contributed by atoms with Crippen LogP contribution in [0.2, 0.25) is 0 Å². The number of alkyl carbamates (subject to hydrolysis) is 1. The maximum atomic E-state index is 12.1. The summed E-state index contributed by atoms with van der Waals surface area (Å²) in [6, 6.07) is 1.96. The van der Waals surface area contributed by atoms with Crippen molar-refractivity contribution in [3.63, 3.8) is 0 Å². The van der Waals surface area contributed by atoms with Crippen LogP contribution in [-0.4, -0.2) is 39.3 Å². The van der Waals surface area contributed by atoms with E-state index < -0.39 is 0 Å². The van der Waals surface area contributed by atoms with E-state index in [0.29, 0.717) is 5.82 Å². The summed E-state index contributed by atoms with van der Waals surface area (Å²) in [5.41, 5.74) is 0.969. The molecule has 2 aromatic rings. The van der Waals surface area contributed by atoms with Crippen molar-refractivity contribution < 1.29 is 14.3 Å². The maximum absolute atomic E-state index is 12.1. The van der Waals surface area contributed by atoms with Gasteiger partial charge < -0.3 is 15.4 Å². The van der Waals surface area contributed by atoms with Gasteiger partial charge in [-0.1, -0.05) is 0 Å². The van der Waals surface area contributed by atoms with Crippen molar-refractivity contribution in [3.05, 3.63) is 27.8 Å². The third kappa shape index (κ3) is 5.53. The minimum atomic E-state index is -0.370. The summed E-state index contributed by atoms with van der Waals surface area (Å²) in [4.78, 5) is 29.1. The topological polar surface area (TPSA) is 109 Å². The zero-order chi connectivity index (χ0) is 19.4. The summed E-state index contributed by atoms with van der Waals surface area (Å²) in [6.07, 6.45) is 4.17. The minimum absolute atomic E-state index is 0.0933. The van der Waals surface area contributed by atoms with Crippen LogP contribution in [0.1, 0.15) is 54.6 Å². The normalized spacial score (nSPS) is 19.3. The number of ether oxygens (including phenoxy) is 1. The number of hydrogen-bond acceptors (Lipinski definition) is 6. The summed E-state index contributed by atoms with van der Waals surface area (Å²) in [5.74, 6) is 0.651. The standard InChI is InChI=1S/C18H25N5O3S/c1-10(2)26-18(25)20-13-5-4-12(6-13)14-7-15(23-22-14)21-16(24)8-17-19-9-11(3)27-17/h7,9-10,12-13H,4-6,8H2,1-3H3,(H,20,25)(H2,21,22,23,24)/t12-,13+/m0/s1. The van der Waals surface area contributed by atoms with Gasteiger partial charge in [-0.05, 0) is 40.0 Å². The second kappa shape index (κ2) is 8.51. The number of amides is 2. The highest BCUT2D eigenvalue weighted by Crippen LogP contribution is 2.34. The third-order valence-corrected chi connectivity index (χ3v) is 5.30. The zero-order valence-corrected chi connectivity index (χ0v) is 16.6. The maximum Gasteiger partial charge on any atom is 0.407 e. The number of H-pyrrole nitrogens is 1. The van der Waals surface area contributed by atoms with Gasteiger partial charge in [0.15, 0.2) is 5.82 Å². The predicted molar refractivity (Wildman–Crippen MR) is 103 cm³/mol. The second-order valence-electron chi connectivity index (χ2n) is 7.10. The Hall–Kier alpha value is -2.42. The Balaban J connectivity index is 1.49. The average Bonchev–Trinajstić information content (AvgIpc) is 3.28. The highest BCUT2D eigenvalue weighted by Gasteiger charge is 2.29. The molecule has 1 saturated carbocycles. The molecule has 0 aromatic carbocycles. The highest BCUT2D eigenvalue weighted by atomic mass is 32.1. The van der Waals surface area contributed by atoms with Gasteiger partial charge in [0.2, 0.25) is 5.91 Å². The van der Waals surface area contributed by atoms with E-state index in [1.165, 1.54) is 11.3 Å². The lowest BCUT2D eigenvalue weighted by Crippen LogP contribution is -2.34. The Labute approximate surface area is 162 Å². The summed E-state index contributed by atoms with van der Waals surface area (Å²) in [5, 5.41) is 13.7. The summed E-state index contributed by atoms with van der Waals surface area (Å²) in [6.45, 7) is 5.62. The smallest absolute Gasteiger partial charge is 0.407 e. The lowest BCUT2D eigenvalue weighted by Gasteiger charge is -2.14. The number of thiazole rings is 1. The van der Waals surface area contributed by atoms with E-state index in [0.717, 1.165) is 34.8 Å². The number of nitrogens with one attached hydrogen (secondary N) is 3. The number of nitrogens with zero attached hydrogens (tertiary/aromatic N) is 2. The molecule has 146 valence electrons. The fourth-order valence-electron chi connectivity index (χ4n) is 3.23. The first-order chi connectivity index (χ1) is 12.9. The van der Waals surface area contributed by atoms with Crippen molar-refractivity contribution in [2.75, 3.05) is 5.32 Å². The molecule has 0 radical (unpaired) electrons. The molecule has 0 saturated heterocycles. The van der Waals surface area contributed by atoms with Crippen molar-refractivity contribution in [1.82, 2.24) is 20.5 Å². The number of rotatable bonds is 6. The average molecular weight is 391 g/mol. The molecule has 27 heavy (non-hydrogen) atoms. The highest BCUT2D eigenvalue weighted by molar-refractivity contribution is 7.11. The van der Waals surface area contributed by atoms with E-state index in [4.69, 9.17) is 4.74 Å². The van der Waals surface area contributed by atoms with E-state index in [1.54, 1.807) is 6.20 Å². The monoisotopic (exact) mass is 391 g/mol. The van der Waals surface area contributed by atoms with Crippen LogP contribution in [-0.2, 0) is 16.0 Å². The van der Waals surface area contributed by atoms with E-state index in [9.17, 15) is 9.59 Å². The van der Waals surface area contributed by atoms with Crippen LogP contribution in [0.25, 0.3) is 0 Å². The quantitative estimate of drug-likeness (QED) is 0.701. The summed E-state index contributed by atoms with van der Waals surface area (Å²) in [7, 11) is 0. The number of hydrogen-bond donors (Lipinski definition) is 3. The molecule has 2 heterocycles. The second-order valence-corrected chi connectivity index (χ2v) is 8.42. The summed E-state index contributed by atoms with van der Waals surface area (Å²) >= 11 is 1.52. The van der Waals surface area contributed by atoms with Crippen LogP contribution >= 0.6 is 11.3 Å². The molecule has 1 aliphatic carbocycles. The Bertz CT molecular complexity index is 801. The number of aromatic nitrogens is 3. The first-order valence-corrected chi connectivity index (χ1v) is 9.94. The van der Waals surface area contributed by atoms with Crippen molar-refractivity contribution in [1.29, 1.82) is 0 Å². The Morgan fingerprint density at radius 1 is 1.41 bits per heavy atom. The molecular weight excluding hydrogens is 366 g/mol. The van der Waals surface area contributed by atoms with Crippen LogP contribution in [0.4, 0.5) is 10.6 Å². The van der Waals surface area contributed by atoms with Crippen LogP contribution < -0.4 is 10.6 Å². The van der Waals surface area contributed by atoms with Gasteiger partial charge in [0.1, 0.15) is 5.01 Å². The number of aryl methyl sites for hydroxylation is 1. The van der Waals surface area contributed by atoms with E-state index in [-0.39, 0.29) is 36.5 Å². The molecule has 0 unspecified atom stereocenters. The zero-order valence-electron chi connectivity index (χ0n) is 15.7. The molecule has 0 aliphatic heterocycles. The molecule has 3 rings (SSSR count). The van der Waals surface area contributed by atoms with Gasteiger partial charge in [0.05, 0.1) is 12.5 Å². The number of carbonyl (C=O) groups excluding carboxylic acids is 2. The Morgan fingerprint density at radius 2 is 2.22 bits per heavy atom. The predicted octanol–water partition coefficient (Wildman–Crippen LogP) is 3.13. The van der Waals surface area contributed by atoms with Gasteiger partial charge in [0.25, 0.3) is 0 Å². The number of aromatic amines is 1. The lowest BCUT2D eigenvalue weighted by atomic mass is 10.0. The summed E-state index contributed by atoms with van der Waals surface area (Å²) < 4.78 is 5.13. The first kappa shape index (κ1) is 19.3. The van der Waals surface area contributed by atoms with Crippen LogP contribution in [0.5, 0.6) is 0 Å². The van der Waals surface area contributed by atoms with Gasteiger partial charge in [-0.3, -0.25) is 9.89 Å². The van der Waals surface area contributed by atoms with Gasteiger partial charge in [-0.25, -0.2) is 9.78 Å². The first-order valence-electron chi connectivity index (χ1n) is 9.12. The van der Waals surface area contributed by atoms with Crippen molar-refractivity contribution in [3.8, 4) is 0 Å². The fraction of sp³-hybridized carbons (Fsp3) is 0.556. The molecule has 8 nitrogen and oxygen atoms in total. The minimum Gasteiger partial charge on any atom is -0.447 e. The molecule has 3 N–H and O–H groups in total. The molecule has 9 heteroatoms. The van der Waals surface area contributed by atoms with Gasteiger partial charge >= 0.3 is 6.09 Å². The number of anilines is 1. The van der Waals surface area contributed by atoms with Crippen molar-refractivity contribution >= 4 is 29.2 Å². The molecule has 2 aromatic heterocycles. The molecule has 2 atom stereocenters. The lowest BCUT2D eigenvalue weighted by molar-refractivity contribution is -0.115.